The van der Waals surface area contributed by atoms with E-state index in [1.54, 1.807) is 30.1 Å². The average molecular weight is 332 g/mol. The highest BCUT2D eigenvalue weighted by Gasteiger charge is 2.18. The molecule has 0 aliphatic carbocycles. The molecule has 0 N–H and O–H groups in total. The van der Waals surface area contributed by atoms with Crippen LogP contribution in [0.15, 0.2) is 0 Å². The van der Waals surface area contributed by atoms with Crippen LogP contribution in [0.3, 0.4) is 0 Å². The van der Waals surface area contributed by atoms with Crippen molar-refractivity contribution in [3.63, 3.8) is 0 Å². The number of rotatable bonds is 11. The topological polar surface area (TPSA) is 44.8 Å². The Morgan fingerprint density at radius 2 is 1.72 bits per heavy atom. The lowest BCUT2D eigenvalue weighted by Crippen LogP contribution is -2.07. The molecule has 0 fully saturated rings. The predicted octanol–water partition coefficient (Wildman–Crippen LogP) is 3.31. The van der Waals surface area contributed by atoms with E-state index in [-0.39, 0.29) is 5.97 Å². The van der Waals surface area contributed by atoms with E-state index in [0.29, 0.717) is 25.6 Å². The molecule has 0 saturated carbocycles. The summed E-state index contributed by atoms with van der Waals surface area (Å²) in [5, 5.41) is 0. The molecule has 0 aromatic heterocycles. The molecular weight excluding hydrogens is 311 g/mol. The Morgan fingerprint density at radius 1 is 1.11 bits per heavy atom. The van der Waals surface area contributed by atoms with Gasteiger partial charge in [0.1, 0.15) is 0 Å². The zero-order valence-electron chi connectivity index (χ0n) is 11.0. The summed E-state index contributed by atoms with van der Waals surface area (Å²) in [7, 11) is 0. The maximum absolute atomic E-state index is 11.1. The number of carbonyl (C=O) groups is 1. The fourth-order valence-corrected chi connectivity index (χ4v) is 6.96. The van der Waals surface area contributed by atoms with Crippen molar-refractivity contribution in [2.75, 3.05) is 37.1 Å². The maximum Gasteiger partial charge on any atom is 0.315 e. The first kappa shape index (κ1) is 18.7. The number of thioether (sulfide) groups is 1. The molecule has 0 aromatic rings. The zero-order chi connectivity index (χ0) is 13.9. The molecule has 0 radical (unpaired) electrons. The number of carbonyl (C=O) groups excluding carboxylic acids is 1. The van der Waals surface area contributed by atoms with Crippen LogP contribution in [-0.2, 0) is 30.4 Å². The van der Waals surface area contributed by atoms with Crippen molar-refractivity contribution in [2.24, 2.45) is 0 Å². The lowest BCUT2D eigenvalue weighted by atomic mass is 10.8. The normalized spacial score (nSPS) is 11.5. The van der Waals surface area contributed by atoms with Crippen molar-refractivity contribution in [1.29, 1.82) is 0 Å². The molecule has 108 valence electrons. The van der Waals surface area contributed by atoms with E-state index >= 15 is 0 Å². The van der Waals surface area contributed by atoms with Gasteiger partial charge in [0, 0.05) is 11.5 Å². The van der Waals surface area contributed by atoms with Crippen molar-refractivity contribution in [2.45, 2.75) is 20.8 Å². The van der Waals surface area contributed by atoms with Crippen LogP contribution < -0.4 is 0 Å². The molecule has 4 nitrogen and oxygen atoms in total. The molecule has 18 heavy (non-hydrogen) atoms. The summed E-state index contributed by atoms with van der Waals surface area (Å²) < 4.78 is 15.8. The van der Waals surface area contributed by atoms with Gasteiger partial charge in [0.15, 0.2) is 0 Å². The molecule has 0 rings (SSSR count). The lowest BCUT2D eigenvalue weighted by molar-refractivity contribution is -0.139. The SMILES string of the molecule is CCOC(=O)CSCCSP(=S)(OCC)OCC. The first-order valence-electron chi connectivity index (χ1n) is 5.85. The number of hydrogen-bond donors (Lipinski definition) is 0. The van der Waals surface area contributed by atoms with E-state index < -0.39 is 5.69 Å². The third-order valence-electron chi connectivity index (χ3n) is 1.58. The van der Waals surface area contributed by atoms with Crippen LogP contribution in [0.25, 0.3) is 0 Å². The van der Waals surface area contributed by atoms with Gasteiger partial charge in [-0.25, -0.2) is 0 Å². The largest absolute Gasteiger partial charge is 0.465 e. The van der Waals surface area contributed by atoms with Gasteiger partial charge >= 0.3 is 5.97 Å². The Hall–Kier alpha value is 0.740. The quantitative estimate of drug-likeness (QED) is 0.327. The van der Waals surface area contributed by atoms with E-state index in [1.165, 1.54) is 0 Å². The highest BCUT2D eigenvalue weighted by Crippen LogP contribution is 2.60. The van der Waals surface area contributed by atoms with Gasteiger partial charge in [-0.1, -0.05) is 11.4 Å². The van der Waals surface area contributed by atoms with Crippen molar-refractivity contribution < 1.29 is 18.6 Å². The Bertz CT molecular complexity index is 266. The monoisotopic (exact) mass is 332 g/mol. The fraction of sp³-hybridized carbons (Fsp3) is 0.900. The molecule has 8 heteroatoms. The van der Waals surface area contributed by atoms with Gasteiger partial charge in [-0.15, -0.1) is 11.8 Å². The second-order valence-corrected chi connectivity index (χ2v) is 10.5. The molecule has 0 bridgehead atoms. The summed E-state index contributed by atoms with van der Waals surface area (Å²) in [5.74, 6) is 1.88. The molecule has 0 spiro atoms. The maximum atomic E-state index is 11.1. The second-order valence-electron chi connectivity index (χ2n) is 2.97. The fourth-order valence-electron chi connectivity index (χ4n) is 0.994. The molecular formula is C10H21O4PS3. The first-order valence-corrected chi connectivity index (χ1v) is 11.2. The third-order valence-corrected chi connectivity index (χ3v) is 8.33. The molecule has 0 amide bonds. The summed E-state index contributed by atoms with van der Waals surface area (Å²) >= 11 is 8.46. The van der Waals surface area contributed by atoms with E-state index in [4.69, 9.17) is 25.6 Å². The van der Waals surface area contributed by atoms with Crippen LogP contribution in [0.5, 0.6) is 0 Å². The van der Waals surface area contributed by atoms with E-state index in [0.717, 1.165) is 11.5 Å². The molecule has 0 aliphatic heterocycles. The van der Waals surface area contributed by atoms with Gasteiger partial charge in [0.05, 0.1) is 25.6 Å². The predicted molar refractivity (Wildman–Crippen MR) is 84.0 cm³/mol. The van der Waals surface area contributed by atoms with Crippen molar-refractivity contribution in [3.05, 3.63) is 0 Å². The minimum Gasteiger partial charge on any atom is -0.465 e. The van der Waals surface area contributed by atoms with Crippen LogP contribution in [0.2, 0.25) is 0 Å². The molecule has 0 aromatic carbocycles. The van der Waals surface area contributed by atoms with Crippen molar-refractivity contribution >= 4 is 46.6 Å². The molecule has 0 unspecified atom stereocenters. The Balaban J connectivity index is 3.73. The standard InChI is InChI=1S/C10H21O4PS3/c1-4-12-10(11)9-17-7-8-18-15(16,13-5-2)14-6-3/h4-9H2,1-3H3. The van der Waals surface area contributed by atoms with Gasteiger partial charge in [0.2, 0.25) is 5.69 Å². The first-order chi connectivity index (χ1) is 8.58. The Labute approximate surface area is 123 Å². The summed E-state index contributed by atoms with van der Waals surface area (Å²) in [5.41, 5.74) is -2.18. The summed E-state index contributed by atoms with van der Waals surface area (Å²) in [6, 6.07) is 0. The zero-order valence-corrected chi connectivity index (χ0v) is 14.4. The third kappa shape index (κ3) is 9.64. The molecule has 0 aliphatic rings. The Kier molecular flexibility index (Phi) is 12.0. The molecule has 0 atom stereocenters. The van der Waals surface area contributed by atoms with Gasteiger partial charge in [-0.3, -0.25) is 4.79 Å². The smallest absolute Gasteiger partial charge is 0.315 e. The number of hydrogen-bond acceptors (Lipinski definition) is 7. The van der Waals surface area contributed by atoms with Crippen LogP contribution in [0.1, 0.15) is 20.8 Å². The van der Waals surface area contributed by atoms with E-state index in [2.05, 4.69) is 0 Å². The second kappa shape index (κ2) is 11.6. The van der Waals surface area contributed by atoms with Crippen LogP contribution in [0.4, 0.5) is 0 Å². The summed E-state index contributed by atoms with van der Waals surface area (Å²) in [4.78, 5) is 11.1. The minimum absolute atomic E-state index is 0.165. The number of ether oxygens (including phenoxy) is 1. The van der Waals surface area contributed by atoms with E-state index in [1.807, 2.05) is 13.8 Å². The van der Waals surface area contributed by atoms with E-state index in [9.17, 15) is 4.79 Å². The van der Waals surface area contributed by atoms with Gasteiger partial charge in [-0.05, 0) is 32.6 Å². The highest BCUT2D eigenvalue weighted by atomic mass is 32.9. The summed E-state index contributed by atoms with van der Waals surface area (Å²) in [6.07, 6.45) is 0. The lowest BCUT2D eigenvalue weighted by Gasteiger charge is -2.19. The minimum atomic E-state index is -2.18. The van der Waals surface area contributed by atoms with Crippen LogP contribution in [0, 0.1) is 0 Å². The van der Waals surface area contributed by atoms with Gasteiger partial charge in [-0.2, -0.15) is 0 Å². The molecule has 0 saturated heterocycles. The van der Waals surface area contributed by atoms with Gasteiger partial charge in [0.25, 0.3) is 0 Å². The van der Waals surface area contributed by atoms with Gasteiger partial charge < -0.3 is 13.8 Å². The average Bonchev–Trinajstić information content (AvgIpc) is 2.29. The Morgan fingerprint density at radius 3 is 2.22 bits per heavy atom. The summed E-state index contributed by atoms with van der Waals surface area (Å²) in [6.45, 7) is 7.20. The van der Waals surface area contributed by atoms with Crippen LogP contribution in [-0.4, -0.2) is 43.0 Å². The highest BCUT2D eigenvalue weighted by molar-refractivity contribution is 8.68. The molecule has 0 heterocycles. The van der Waals surface area contributed by atoms with Crippen molar-refractivity contribution in [3.8, 4) is 0 Å². The number of esters is 1. The van der Waals surface area contributed by atoms with Crippen LogP contribution >= 0.6 is 28.8 Å². The van der Waals surface area contributed by atoms with Crippen molar-refractivity contribution in [1.82, 2.24) is 0 Å².